The number of nitrogens with one attached hydrogen (secondary N) is 1. The SMILES string of the molecule is CC(CCOCCOC12CC3CC(CC(C3)C1)C2)C(=O)Nc1ccc([N+](=O)[O-])c(C(F)(F)F)c1. The molecule has 1 aromatic carbocycles. The van der Waals surface area contributed by atoms with Gasteiger partial charge in [0.25, 0.3) is 5.69 Å². The van der Waals surface area contributed by atoms with Crippen LogP contribution < -0.4 is 5.32 Å². The molecule has 1 aromatic rings. The van der Waals surface area contributed by atoms with Crippen LogP contribution in [0.3, 0.4) is 0 Å². The van der Waals surface area contributed by atoms with E-state index in [0.717, 1.165) is 49.1 Å². The number of nitro benzene ring substituents is 1. The van der Waals surface area contributed by atoms with Gasteiger partial charge in [0.1, 0.15) is 5.56 Å². The number of carbonyl (C=O) groups is 1. The summed E-state index contributed by atoms with van der Waals surface area (Å²) in [5, 5.41) is 13.3. The highest BCUT2D eigenvalue weighted by Crippen LogP contribution is 2.57. The monoisotopic (exact) mass is 484 g/mol. The Labute approximate surface area is 196 Å². The molecular weight excluding hydrogens is 453 g/mol. The number of hydrogen-bond acceptors (Lipinski definition) is 5. The maximum Gasteiger partial charge on any atom is 0.423 e. The molecule has 1 N–H and O–H groups in total. The van der Waals surface area contributed by atoms with Crippen molar-refractivity contribution in [1.82, 2.24) is 0 Å². The van der Waals surface area contributed by atoms with Gasteiger partial charge in [-0.1, -0.05) is 6.92 Å². The predicted molar refractivity (Wildman–Crippen MR) is 118 cm³/mol. The number of amides is 1. The quantitative estimate of drug-likeness (QED) is 0.266. The summed E-state index contributed by atoms with van der Waals surface area (Å²) in [7, 11) is 0. The van der Waals surface area contributed by atoms with Gasteiger partial charge in [-0.3, -0.25) is 14.9 Å². The predicted octanol–water partition coefficient (Wildman–Crippen LogP) is 5.58. The molecule has 7 nitrogen and oxygen atoms in total. The van der Waals surface area contributed by atoms with Gasteiger partial charge in [-0.2, -0.15) is 13.2 Å². The van der Waals surface area contributed by atoms with Gasteiger partial charge in [0, 0.05) is 24.3 Å². The lowest BCUT2D eigenvalue weighted by atomic mass is 9.54. The molecule has 4 aliphatic carbocycles. The number of anilines is 1. The zero-order valence-electron chi connectivity index (χ0n) is 19.2. The fourth-order valence-corrected chi connectivity index (χ4v) is 6.28. The van der Waals surface area contributed by atoms with Crippen molar-refractivity contribution in [2.45, 2.75) is 63.6 Å². The van der Waals surface area contributed by atoms with Crippen LogP contribution in [0.4, 0.5) is 24.5 Å². The Morgan fingerprint density at radius 1 is 1.15 bits per heavy atom. The Kier molecular flexibility index (Phi) is 7.19. The fraction of sp³-hybridized carbons (Fsp3) is 0.708. The summed E-state index contributed by atoms with van der Waals surface area (Å²) in [5.41, 5.74) is -2.56. The van der Waals surface area contributed by atoms with Crippen molar-refractivity contribution in [3.05, 3.63) is 33.9 Å². The molecule has 5 rings (SSSR count). The molecule has 4 fully saturated rings. The van der Waals surface area contributed by atoms with E-state index in [-0.39, 0.29) is 11.3 Å². The van der Waals surface area contributed by atoms with Gasteiger partial charge in [-0.15, -0.1) is 0 Å². The lowest BCUT2D eigenvalue weighted by Crippen LogP contribution is -2.52. The smallest absolute Gasteiger partial charge is 0.379 e. The maximum absolute atomic E-state index is 13.1. The molecule has 0 heterocycles. The summed E-state index contributed by atoms with van der Waals surface area (Å²) in [5.74, 6) is 1.46. The van der Waals surface area contributed by atoms with Crippen molar-refractivity contribution in [3.63, 3.8) is 0 Å². The third kappa shape index (κ3) is 5.71. The second-order valence-electron chi connectivity index (χ2n) is 10.2. The number of benzene rings is 1. The average Bonchev–Trinajstić information content (AvgIpc) is 2.74. The molecule has 1 unspecified atom stereocenters. The van der Waals surface area contributed by atoms with Gasteiger partial charge in [-0.05, 0) is 74.8 Å². The van der Waals surface area contributed by atoms with Crippen LogP contribution in [0.25, 0.3) is 0 Å². The van der Waals surface area contributed by atoms with Crippen LogP contribution in [0.2, 0.25) is 0 Å². The topological polar surface area (TPSA) is 90.7 Å². The summed E-state index contributed by atoms with van der Waals surface area (Å²) in [6, 6.07) is 2.42. The molecule has 0 radical (unpaired) electrons. The molecule has 10 heteroatoms. The molecule has 0 spiro atoms. The van der Waals surface area contributed by atoms with Gasteiger partial charge < -0.3 is 14.8 Å². The third-order valence-electron chi connectivity index (χ3n) is 7.53. The van der Waals surface area contributed by atoms with Gasteiger partial charge in [0.05, 0.1) is 23.7 Å². The van der Waals surface area contributed by atoms with Crippen LogP contribution in [-0.2, 0) is 20.4 Å². The molecule has 1 atom stereocenters. The van der Waals surface area contributed by atoms with Crippen LogP contribution in [0, 0.1) is 33.8 Å². The van der Waals surface area contributed by atoms with Crippen LogP contribution in [-0.4, -0.2) is 36.3 Å². The van der Waals surface area contributed by atoms with Crippen molar-refractivity contribution in [1.29, 1.82) is 0 Å². The van der Waals surface area contributed by atoms with Crippen molar-refractivity contribution >= 4 is 17.3 Å². The number of halogens is 3. The summed E-state index contributed by atoms with van der Waals surface area (Å²) < 4.78 is 51.3. The Balaban J connectivity index is 1.18. The summed E-state index contributed by atoms with van der Waals surface area (Å²) in [6.07, 6.45) is 3.05. The minimum Gasteiger partial charge on any atom is -0.379 e. The first kappa shape index (κ1) is 24.9. The highest BCUT2D eigenvalue weighted by molar-refractivity contribution is 5.92. The third-order valence-corrected chi connectivity index (χ3v) is 7.53. The first-order valence-electron chi connectivity index (χ1n) is 11.9. The van der Waals surface area contributed by atoms with E-state index < -0.39 is 34.2 Å². The van der Waals surface area contributed by atoms with Gasteiger partial charge >= 0.3 is 6.18 Å². The summed E-state index contributed by atoms with van der Waals surface area (Å²) >= 11 is 0. The molecule has 0 aliphatic heterocycles. The Hall–Kier alpha value is -2.20. The van der Waals surface area contributed by atoms with E-state index in [1.807, 2.05) is 0 Å². The first-order chi connectivity index (χ1) is 16.0. The first-order valence-corrected chi connectivity index (χ1v) is 11.9. The van der Waals surface area contributed by atoms with E-state index in [4.69, 9.17) is 9.47 Å². The van der Waals surface area contributed by atoms with E-state index in [1.54, 1.807) is 6.92 Å². The van der Waals surface area contributed by atoms with Crippen LogP contribution in [0.1, 0.15) is 57.4 Å². The molecule has 0 saturated heterocycles. The Bertz CT molecular complexity index is 885. The number of nitro groups is 1. The normalized spacial score (nSPS) is 28.6. The molecule has 188 valence electrons. The molecule has 0 aromatic heterocycles. The lowest BCUT2D eigenvalue weighted by Gasteiger charge is -2.56. The maximum atomic E-state index is 13.1. The van der Waals surface area contributed by atoms with E-state index in [0.29, 0.717) is 32.3 Å². The second-order valence-corrected chi connectivity index (χ2v) is 10.2. The Morgan fingerprint density at radius 2 is 1.76 bits per heavy atom. The number of carbonyl (C=O) groups excluding carboxylic acids is 1. The van der Waals surface area contributed by atoms with E-state index in [1.165, 1.54) is 19.3 Å². The van der Waals surface area contributed by atoms with Gasteiger partial charge in [0.2, 0.25) is 5.91 Å². The van der Waals surface area contributed by atoms with Gasteiger partial charge in [-0.25, -0.2) is 0 Å². The number of alkyl halides is 3. The Morgan fingerprint density at radius 3 is 2.32 bits per heavy atom. The molecule has 4 saturated carbocycles. The number of nitrogens with zero attached hydrogens (tertiary/aromatic N) is 1. The molecule has 4 bridgehead atoms. The standard InChI is InChI=1S/C24H31F3N2O5/c1-15(22(30)28-19-2-3-21(29(31)32)20(11-19)24(25,26)27)4-5-33-6-7-34-23-12-16-8-17(13-23)10-18(9-16)14-23/h2-3,11,15-18H,4-10,12-14H2,1H3,(H,28,30). The van der Waals surface area contributed by atoms with Crippen LogP contribution in [0.5, 0.6) is 0 Å². The van der Waals surface area contributed by atoms with Crippen molar-refractivity contribution in [2.24, 2.45) is 23.7 Å². The van der Waals surface area contributed by atoms with Crippen molar-refractivity contribution in [2.75, 3.05) is 25.1 Å². The molecule has 4 aliphatic rings. The highest BCUT2D eigenvalue weighted by atomic mass is 19.4. The number of hydrogen-bond donors (Lipinski definition) is 1. The largest absolute Gasteiger partial charge is 0.423 e. The molecule has 1 amide bonds. The lowest BCUT2D eigenvalue weighted by molar-refractivity contribution is -0.388. The summed E-state index contributed by atoms with van der Waals surface area (Å²) in [4.78, 5) is 22.1. The number of ether oxygens (including phenoxy) is 2. The van der Waals surface area contributed by atoms with E-state index in [9.17, 15) is 28.1 Å². The molecule has 34 heavy (non-hydrogen) atoms. The van der Waals surface area contributed by atoms with Crippen LogP contribution in [0.15, 0.2) is 18.2 Å². The van der Waals surface area contributed by atoms with E-state index in [2.05, 4.69) is 5.32 Å². The zero-order valence-corrected chi connectivity index (χ0v) is 19.2. The minimum atomic E-state index is -4.90. The average molecular weight is 485 g/mol. The number of rotatable bonds is 10. The molecular formula is C24H31F3N2O5. The van der Waals surface area contributed by atoms with Gasteiger partial charge in [0.15, 0.2) is 0 Å². The second kappa shape index (κ2) is 9.81. The minimum absolute atomic E-state index is 0.0330. The van der Waals surface area contributed by atoms with Crippen molar-refractivity contribution in [3.8, 4) is 0 Å². The van der Waals surface area contributed by atoms with Crippen LogP contribution >= 0.6 is 0 Å². The zero-order chi connectivity index (χ0) is 24.5. The fourth-order valence-electron chi connectivity index (χ4n) is 6.28. The van der Waals surface area contributed by atoms with E-state index >= 15 is 0 Å². The summed E-state index contributed by atoms with van der Waals surface area (Å²) in [6.45, 7) is 2.94. The highest BCUT2D eigenvalue weighted by Gasteiger charge is 2.51. The van der Waals surface area contributed by atoms with Crippen molar-refractivity contribution < 1.29 is 32.4 Å².